The summed E-state index contributed by atoms with van der Waals surface area (Å²) >= 11 is 0. The molecule has 0 aliphatic heterocycles. The molecule has 2 aliphatic carbocycles. The van der Waals surface area contributed by atoms with Crippen molar-refractivity contribution in [1.82, 2.24) is 0 Å². The molecule has 0 heterocycles. The first-order valence-corrected chi connectivity index (χ1v) is 22.7. The summed E-state index contributed by atoms with van der Waals surface area (Å²) < 4.78 is 0. The molecule has 13 rings (SSSR count). The standard InChI is InChI=1S/C64H46/c1-63(2)58-24-14-12-20-49(58)55-37-44(29-34-59(55)63)61-51-21-9-10-22-52(51)62(54-31-27-42(36-56(54)61)41-26-25-39-15-5-6-16-40(39)35-41)53-33-32-45(46-17-7-8-18-47(46)53)43-28-30-50-48-19-11-13-23-57(48)64(3,4)60(50)38-43/h5-38H,1-4H3. The predicted octanol–water partition coefficient (Wildman–Crippen LogP) is 17.6. The van der Waals surface area contributed by atoms with Gasteiger partial charge in [0.25, 0.3) is 0 Å². The normalized spacial score (nSPS) is 14.2. The molecule has 302 valence electrons. The summed E-state index contributed by atoms with van der Waals surface area (Å²) in [4.78, 5) is 0. The topological polar surface area (TPSA) is 0 Å². The molecule has 0 saturated heterocycles. The molecule has 64 heavy (non-hydrogen) atoms. The summed E-state index contributed by atoms with van der Waals surface area (Å²) in [5, 5.41) is 10.1. The fraction of sp³-hybridized carbons (Fsp3) is 0.0938. The largest absolute Gasteiger partial charge is 0.0619 e. The van der Waals surface area contributed by atoms with E-state index in [9.17, 15) is 0 Å². The Hall–Kier alpha value is -7.54. The van der Waals surface area contributed by atoms with E-state index in [4.69, 9.17) is 0 Å². The monoisotopic (exact) mass is 814 g/mol. The van der Waals surface area contributed by atoms with E-state index in [2.05, 4.69) is 234 Å². The molecule has 0 fully saturated rings. The first kappa shape index (κ1) is 37.1. The maximum Gasteiger partial charge on any atom is 0.0159 e. The minimum absolute atomic E-state index is 0.0596. The minimum atomic E-state index is -0.0681. The smallest absolute Gasteiger partial charge is 0.0159 e. The van der Waals surface area contributed by atoms with Gasteiger partial charge in [0, 0.05) is 10.8 Å². The SMILES string of the molecule is CC1(C)c2ccccc2-c2cc(-c3c4ccccc4c(-c4ccc(-c5ccc6c(c5)C(C)(C)c5ccccc5-6)c5ccccc45)c4ccc(-c5ccc6ccccc6c5)cc34)ccc21. The Morgan fingerprint density at radius 2 is 0.719 bits per heavy atom. The van der Waals surface area contributed by atoms with Crippen molar-refractivity contribution in [3.05, 3.63) is 229 Å². The van der Waals surface area contributed by atoms with Crippen LogP contribution < -0.4 is 0 Å². The molecule has 0 amide bonds. The van der Waals surface area contributed by atoms with Crippen LogP contribution in [-0.2, 0) is 10.8 Å². The Morgan fingerprint density at radius 3 is 1.48 bits per heavy atom. The molecular weight excluding hydrogens is 769 g/mol. The van der Waals surface area contributed by atoms with Crippen LogP contribution in [0.3, 0.4) is 0 Å². The van der Waals surface area contributed by atoms with Crippen molar-refractivity contribution in [2.24, 2.45) is 0 Å². The lowest BCUT2D eigenvalue weighted by Gasteiger charge is -2.23. The van der Waals surface area contributed by atoms with Gasteiger partial charge in [-0.25, -0.2) is 0 Å². The van der Waals surface area contributed by atoms with Crippen LogP contribution in [0, 0.1) is 0 Å². The second-order valence-corrected chi connectivity index (χ2v) is 19.2. The van der Waals surface area contributed by atoms with Gasteiger partial charge in [-0.1, -0.05) is 210 Å². The Bertz CT molecular complexity index is 3780. The highest BCUT2D eigenvalue weighted by Gasteiger charge is 2.37. The average molecular weight is 815 g/mol. The van der Waals surface area contributed by atoms with Gasteiger partial charge < -0.3 is 0 Å². The number of hydrogen-bond donors (Lipinski definition) is 0. The zero-order valence-corrected chi connectivity index (χ0v) is 36.6. The Balaban J connectivity index is 1.07. The van der Waals surface area contributed by atoms with Crippen molar-refractivity contribution in [2.75, 3.05) is 0 Å². The molecule has 0 spiro atoms. The van der Waals surface area contributed by atoms with Crippen LogP contribution in [0.2, 0.25) is 0 Å². The van der Waals surface area contributed by atoms with Crippen molar-refractivity contribution < 1.29 is 0 Å². The maximum atomic E-state index is 2.48. The molecule has 0 bridgehead atoms. The van der Waals surface area contributed by atoms with Gasteiger partial charge in [-0.15, -0.1) is 0 Å². The van der Waals surface area contributed by atoms with Crippen molar-refractivity contribution in [2.45, 2.75) is 38.5 Å². The minimum Gasteiger partial charge on any atom is -0.0619 e. The quantitative estimate of drug-likeness (QED) is 0.155. The average Bonchev–Trinajstić information content (AvgIpc) is 3.71. The fourth-order valence-electron chi connectivity index (χ4n) is 11.8. The summed E-state index contributed by atoms with van der Waals surface area (Å²) in [7, 11) is 0. The Kier molecular flexibility index (Phi) is 7.80. The highest BCUT2D eigenvalue weighted by molar-refractivity contribution is 6.25. The molecule has 11 aromatic carbocycles. The van der Waals surface area contributed by atoms with Crippen LogP contribution in [-0.4, -0.2) is 0 Å². The van der Waals surface area contributed by atoms with Crippen LogP contribution in [0.5, 0.6) is 0 Å². The van der Waals surface area contributed by atoms with E-state index in [-0.39, 0.29) is 10.8 Å². The summed E-state index contributed by atoms with van der Waals surface area (Å²) in [5.41, 5.74) is 20.9. The first-order chi connectivity index (χ1) is 31.3. The Labute approximate surface area is 375 Å². The van der Waals surface area contributed by atoms with Gasteiger partial charge in [-0.05, 0) is 156 Å². The number of hydrogen-bond acceptors (Lipinski definition) is 0. The first-order valence-electron chi connectivity index (χ1n) is 22.7. The highest BCUT2D eigenvalue weighted by atomic mass is 14.4. The van der Waals surface area contributed by atoms with Crippen LogP contribution in [0.25, 0.3) is 110 Å². The molecular formula is C64H46. The van der Waals surface area contributed by atoms with Gasteiger partial charge >= 0.3 is 0 Å². The number of fused-ring (bicyclic) bond motifs is 10. The van der Waals surface area contributed by atoms with Crippen LogP contribution >= 0.6 is 0 Å². The molecule has 0 unspecified atom stereocenters. The third-order valence-corrected chi connectivity index (χ3v) is 15.1. The van der Waals surface area contributed by atoms with Crippen molar-refractivity contribution in [3.63, 3.8) is 0 Å². The molecule has 0 aromatic heterocycles. The molecule has 0 atom stereocenters. The molecule has 11 aromatic rings. The van der Waals surface area contributed by atoms with E-state index < -0.39 is 0 Å². The van der Waals surface area contributed by atoms with Gasteiger partial charge in [0.15, 0.2) is 0 Å². The van der Waals surface area contributed by atoms with E-state index in [0.717, 1.165) is 0 Å². The predicted molar refractivity (Wildman–Crippen MR) is 273 cm³/mol. The number of rotatable bonds is 4. The fourth-order valence-corrected chi connectivity index (χ4v) is 11.8. The van der Waals surface area contributed by atoms with E-state index in [1.54, 1.807) is 0 Å². The highest BCUT2D eigenvalue weighted by Crippen LogP contribution is 2.53. The second kappa shape index (κ2) is 13.5. The lowest BCUT2D eigenvalue weighted by atomic mass is 9.80. The molecule has 0 nitrogen and oxygen atoms in total. The van der Waals surface area contributed by atoms with E-state index in [0.29, 0.717) is 0 Å². The second-order valence-electron chi connectivity index (χ2n) is 19.2. The van der Waals surface area contributed by atoms with Gasteiger partial charge in [-0.2, -0.15) is 0 Å². The van der Waals surface area contributed by atoms with Crippen molar-refractivity contribution >= 4 is 43.1 Å². The zero-order valence-electron chi connectivity index (χ0n) is 36.6. The van der Waals surface area contributed by atoms with Crippen molar-refractivity contribution in [3.8, 4) is 66.8 Å². The lowest BCUT2D eigenvalue weighted by molar-refractivity contribution is 0.660. The maximum absolute atomic E-state index is 2.48. The Morgan fingerprint density at radius 1 is 0.234 bits per heavy atom. The lowest BCUT2D eigenvalue weighted by Crippen LogP contribution is -2.14. The van der Waals surface area contributed by atoms with Crippen LogP contribution in [0.4, 0.5) is 0 Å². The molecule has 0 saturated carbocycles. The molecule has 0 N–H and O–H groups in total. The molecule has 0 heteroatoms. The van der Waals surface area contributed by atoms with Crippen LogP contribution in [0.15, 0.2) is 206 Å². The number of benzene rings is 11. The summed E-state index contributed by atoms with van der Waals surface area (Å²) in [6, 6.07) is 78.1. The summed E-state index contributed by atoms with van der Waals surface area (Å²) in [5.74, 6) is 0. The van der Waals surface area contributed by atoms with Gasteiger partial charge in [-0.3, -0.25) is 0 Å². The molecule has 2 aliphatic rings. The van der Waals surface area contributed by atoms with Crippen molar-refractivity contribution in [1.29, 1.82) is 0 Å². The molecule has 0 radical (unpaired) electrons. The van der Waals surface area contributed by atoms with Crippen LogP contribution in [0.1, 0.15) is 49.9 Å². The van der Waals surface area contributed by atoms with E-state index >= 15 is 0 Å². The van der Waals surface area contributed by atoms with Gasteiger partial charge in [0.2, 0.25) is 0 Å². The van der Waals surface area contributed by atoms with E-state index in [1.807, 2.05) is 0 Å². The van der Waals surface area contributed by atoms with E-state index in [1.165, 1.54) is 132 Å². The summed E-state index contributed by atoms with van der Waals surface area (Å²) in [6.45, 7) is 9.48. The zero-order chi connectivity index (χ0) is 42.9. The third-order valence-electron chi connectivity index (χ3n) is 15.1. The third kappa shape index (κ3) is 5.23. The summed E-state index contributed by atoms with van der Waals surface area (Å²) in [6.07, 6.45) is 0. The van der Waals surface area contributed by atoms with Gasteiger partial charge in [0.05, 0.1) is 0 Å². The van der Waals surface area contributed by atoms with Gasteiger partial charge in [0.1, 0.15) is 0 Å².